The van der Waals surface area contributed by atoms with Crippen LogP contribution in [0.15, 0.2) is 24.3 Å². The number of carbonyl (C=O) groups excluding carboxylic acids is 1. The average molecular weight is 365 g/mol. The molecule has 138 valence electrons. The fourth-order valence-corrected chi connectivity index (χ4v) is 3.74. The Balaban J connectivity index is 1.37. The third kappa shape index (κ3) is 5.25. The van der Waals surface area contributed by atoms with Crippen LogP contribution in [0, 0.1) is 5.92 Å². The van der Waals surface area contributed by atoms with Gasteiger partial charge in [-0.25, -0.2) is 4.79 Å². The van der Waals surface area contributed by atoms with Crippen LogP contribution in [0.1, 0.15) is 19.8 Å². The number of carbonyl (C=O) groups is 1. The van der Waals surface area contributed by atoms with Gasteiger partial charge >= 0.3 is 6.03 Å². The molecule has 0 saturated carbocycles. The van der Waals surface area contributed by atoms with E-state index in [4.69, 9.17) is 11.6 Å². The van der Waals surface area contributed by atoms with Crippen molar-refractivity contribution in [1.29, 1.82) is 0 Å². The predicted octanol–water partition coefficient (Wildman–Crippen LogP) is 2.90. The Morgan fingerprint density at radius 1 is 1.16 bits per heavy atom. The number of rotatable bonds is 4. The van der Waals surface area contributed by atoms with Crippen molar-refractivity contribution in [3.05, 3.63) is 29.3 Å². The number of halogens is 1. The molecule has 5 nitrogen and oxygen atoms in total. The summed E-state index contributed by atoms with van der Waals surface area (Å²) >= 11 is 6.07. The minimum absolute atomic E-state index is 0.0659. The zero-order chi connectivity index (χ0) is 17.6. The van der Waals surface area contributed by atoms with Crippen LogP contribution in [0.4, 0.5) is 10.5 Å². The summed E-state index contributed by atoms with van der Waals surface area (Å²) < 4.78 is 0. The van der Waals surface area contributed by atoms with E-state index >= 15 is 0 Å². The van der Waals surface area contributed by atoms with Crippen LogP contribution < -0.4 is 10.2 Å². The van der Waals surface area contributed by atoms with E-state index in [-0.39, 0.29) is 6.03 Å². The molecule has 1 aromatic carbocycles. The van der Waals surface area contributed by atoms with Crippen molar-refractivity contribution >= 4 is 23.3 Å². The number of nitrogens with one attached hydrogen (secondary N) is 1. The second kappa shape index (κ2) is 8.77. The first kappa shape index (κ1) is 18.3. The van der Waals surface area contributed by atoms with Gasteiger partial charge in [-0.3, -0.25) is 0 Å². The van der Waals surface area contributed by atoms with E-state index in [0.29, 0.717) is 0 Å². The first-order valence-electron chi connectivity index (χ1n) is 9.37. The van der Waals surface area contributed by atoms with E-state index in [2.05, 4.69) is 28.1 Å². The molecule has 2 amide bonds. The van der Waals surface area contributed by atoms with Gasteiger partial charge in [-0.1, -0.05) is 24.6 Å². The fourth-order valence-electron chi connectivity index (χ4n) is 3.56. The predicted molar refractivity (Wildman–Crippen MR) is 103 cm³/mol. The van der Waals surface area contributed by atoms with E-state index in [1.165, 1.54) is 12.8 Å². The molecule has 0 bridgehead atoms. The maximum atomic E-state index is 12.3. The Hall–Kier alpha value is -1.46. The monoisotopic (exact) mass is 364 g/mol. The molecule has 2 saturated heterocycles. The highest BCUT2D eigenvalue weighted by Gasteiger charge is 2.21. The van der Waals surface area contributed by atoms with Crippen molar-refractivity contribution in [2.45, 2.75) is 19.8 Å². The van der Waals surface area contributed by atoms with Crippen molar-refractivity contribution in [2.24, 2.45) is 5.92 Å². The molecule has 0 spiro atoms. The van der Waals surface area contributed by atoms with Crippen LogP contribution in [-0.2, 0) is 0 Å². The highest BCUT2D eigenvalue weighted by atomic mass is 35.5. The van der Waals surface area contributed by atoms with Gasteiger partial charge in [0.15, 0.2) is 0 Å². The van der Waals surface area contributed by atoms with Gasteiger partial charge in [0, 0.05) is 50.0 Å². The number of amides is 2. The zero-order valence-electron chi connectivity index (χ0n) is 15.1. The van der Waals surface area contributed by atoms with Gasteiger partial charge in [0.25, 0.3) is 0 Å². The molecule has 0 aromatic heterocycles. The Kier molecular flexibility index (Phi) is 6.43. The molecule has 3 rings (SSSR count). The van der Waals surface area contributed by atoms with E-state index in [9.17, 15) is 4.79 Å². The van der Waals surface area contributed by atoms with Crippen molar-refractivity contribution < 1.29 is 4.79 Å². The molecule has 25 heavy (non-hydrogen) atoms. The summed E-state index contributed by atoms with van der Waals surface area (Å²) in [6.45, 7) is 9.53. The fraction of sp³-hybridized carbons (Fsp3) is 0.632. The molecular weight excluding hydrogens is 336 g/mol. The van der Waals surface area contributed by atoms with Gasteiger partial charge in [0.2, 0.25) is 0 Å². The Bertz CT molecular complexity index is 566. The minimum Gasteiger partial charge on any atom is -0.368 e. The van der Waals surface area contributed by atoms with E-state index in [0.717, 1.165) is 69.0 Å². The molecule has 0 radical (unpaired) electrons. The number of piperidine rings is 1. The summed E-state index contributed by atoms with van der Waals surface area (Å²) in [5.41, 5.74) is 1.13. The van der Waals surface area contributed by atoms with Crippen LogP contribution >= 0.6 is 11.6 Å². The van der Waals surface area contributed by atoms with Gasteiger partial charge in [-0.05, 0) is 50.0 Å². The van der Waals surface area contributed by atoms with E-state index in [1.54, 1.807) is 0 Å². The Morgan fingerprint density at radius 3 is 2.56 bits per heavy atom. The molecule has 2 aliphatic rings. The van der Waals surface area contributed by atoms with Crippen LogP contribution in [0.5, 0.6) is 0 Å². The lowest BCUT2D eigenvalue weighted by atomic mass is 9.99. The normalized spacial score (nSPS) is 19.9. The highest BCUT2D eigenvalue weighted by molar-refractivity contribution is 6.30. The first-order chi connectivity index (χ1) is 12.1. The van der Waals surface area contributed by atoms with E-state index < -0.39 is 0 Å². The van der Waals surface area contributed by atoms with Crippen molar-refractivity contribution in [3.63, 3.8) is 0 Å². The highest BCUT2D eigenvalue weighted by Crippen LogP contribution is 2.20. The number of urea groups is 1. The maximum Gasteiger partial charge on any atom is 0.317 e. The lowest BCUT2D eigenvalue weighted by Gasteiger charge is -2.36. The molecule has 0 aliphatic carbocycles. The van der Waals surface area contributed by atoms with Gasteiger partial charge in [0.1, 0.15) is 0 Å². The quantitative estimate of drug-likeness (QED) is 0.892. The second-order valence-corrected chi connectivity index (χ2v) is 7.65. The lowest BCUT2D eigenvalue weighted by molar-refractivity contribution is 0.179. The second-order valence-electron chi connectivity index (χ2n) is 7.21. The van der Waals surface area contributed by atoms with Gasteiger partial charge in [0.05, 0.1) is 0 Å². The molecule has 1 N–H and O–H groups in total. The number of hydrogen-bond donors (Lipinski definition) is 1. The molecule has 0 unspecified atom stereocenters. The topological polar surface area (TPSA) is 38.8 Å². The molecular formula is C19H29ClN4O. The summed E-state index contributed by atoms with van der Waals surface area (Å²) in [6.07, 6.45) is 2.55. The third-order valence-corrected chi connectivity index (χ3v) is 5.56. The zero-order valence-corrected chi connectivity index (χ0v) is 15.8. The van der Waals surface area contributed by atoms with Gasteiger partial charge < -0.3 is 20.0 Å². The third-order valence-electron chi connectivity index (χ3n) is 5.32. The number of hydrogen-bond acceptors (Lipinski definition) is 3. The van der Waals surface area contributed by atoms with Crippen LogP contribution in [-0.4, -0.2) is 68.2 Å². The number of anilines is 1. The largest absolute Gasteiger partial charge is 0.368 e. The summed E-state index contributed by atoms with van der Waals surface area (Å²) in [5.74, 6) is 0.849. The summed E-state index contributed by atoms with van der Waals surface area (Å²) in [6, 6.07) is 7.98. The first-order valence-corrected chi connectivity index (χ1v) is 9.75. The number of nitrogens with zero attached hydrogens (tertiary/aromatic N) is 3. The smallest absolute Gasteiger partial charge is 0.317 e. The number of piperazine rings is 1. The number of likely N-dealkylation sites (tertiary alicyclic amines) is 1. The van der Waals surface area contributed by atoms with Crippen LogP contribution in [0.25, 0.3) is 0 Å². The molecule has 1 aromatic rings. The molecule has 2 aliphatic heterocycles. The van der Waals surface area contributed by atoms with Crippen LogP contribution in [0.3, 0.4) is 0 Å². The van der Waals surface area contributed by atoms with Crippen molar-refractivity contribution in [2.75, 3.05) is 57.3 Å². The van der Waals surface area contributed by atoms with Crippen molar-refractivity contribution in [1.82, 2.24) is 15.1 Å². The average Bonchev–Trinajstić information content (AvgIpc) is 2.63. The molecule has 0 atom stereocenters. The lowest BCUT2D eigenvalue weighted by Crippen LogP contribution is -2.52. The Morgan fingerprint density at radius 2 is 1.88 bits per heavy atom. The molecule has 6 heteroatoms. The molecule has 2 heterocycles. The van der Waals surface area contributed by atoms with Gasteiger partial charge in [-0.2, -0.15) is 0 Å². The standard InChI is InChI=1S/C19H29ClN4O/c1-16-5-8-22(9-6-16)10-7-21-19(25)24-13-11-23(12-14-24)18-4-2-3-17(20)15-18/h2-4,15-16H,5-14H2,1H3,(H,21,25). The summed E-state index contributed by atoms with van der Waals surface area (Å²) in [5, 5.41) is 3.83. The summed E-state index contributed by atoms with van der Waals surface area (Å²) in [4.78, 5) is 19.0. The molecule has 2 fully saturated rings. The number of benzene rings is 1. The summed E-state index contributed by atoms with van der Waals surface area (Å²) in [7, 11) is 0. The van der Waals surface area contributed by atoms with Crippen LogP contribution in [0.2, 0.25) is 5.02 Å². The minimum atomic E-state index is 0.0659. The Labute approximate surface area is 155 Å². The maximum absolute atomic E-state index is 12.3. The van der Waals surface area contributed by atoms with Gasteiger partial charge in [-0.15, -0.1) is 0 Å². The van der Waals surface area contributed by atoms with E-state index in [1.807, 2.05) is 23.1 Å². The van der Waals surface area contributed by atoms with Crippen molar-refractivity contribution in [3.8, 4) is 0 Å². The SMILES string of the molecule is CC1CCN(CCNC(=O)N2CCN(c3cccc(Cl)c3)CC2)CC1.